The first-order valence-electron chi connectivity index (χ1n) is 6.76. The van der Waals surface area contributed by atoms with Crippen molar-refractivity contribution in [3.63, 3.8) is 0 Å². The zero-order valence-corrected chi connectivity index (χ0v) is 11.3. The Morgan fingerprint density at radius 2 is 2.25 bits per heavy atom. The van der Waals surface area contributed by atoms with E-state index in [0.29, 0.717) is 30.6 Å². The molecule has 2 aliphatic rings. The number of rotatable bonds is 4. The molecule has 20 heavy (non-hydrogen) atoms. The average Bonchev–Trinajstić information content (AvgIpc) is 3.00. The van der Waals surface area contributed by atoms with E-state index in [2.05, 4.69) is 20.8 Å². The largest absolute Gasteiger partial charge is 0.337 e. The Bertz CT molecular complexity index is 525. The number of hydrogen-bond donors (Lipinski definition) is 2. The van der Waals surface area contributed by atoms with Gasteiger partial charge >= 0.3 is 6.03 Å². The predicted molar refractivity (Wildman–Crippen MR) is 67.4 cm³/mol. The number of aromatic nitrogens is 2. The van der Waals surface area contributed by atoms with Crippen LogP contribution >= 0.6 is 0 Å². The summed E-state index contributed by atoms with van der Waals surface area (Å²) in [6, 6.07) is -0.0509. The molecule has 1 aliphatic heterocycles. The third kappa shape index (κ3) is 2.73. The SMILES string of the molecule is CN1C(=O)CC[C@H]1c1nc(CNC(=O)NC2CC2)no1. The van der Waals surface area contributed by atoms with Gasteiger partial charge in [-0.1, -0.05) is 5.16 Å². The van der Waals surface area contributed by atoms with E-state index in [-0.39, 0.29) is 24.5 Å². The van der Waals surface area contributed by atoms with Crippen molar-refractivity contribution in [1.29, 1.82) is 0 Å². The molecule has 3 amide bonds. The average molecular weight is 279 g/mol. The number of urea groups is 1. The fraction of sp³-hybridized carbons (Fsp3) is 0.667. The highest BCUT2D eigenvalue weighted by molar-refractivity contribution is 5.78. The molecule has 0 spiro atoms. The van der Waals surface area contributed by atoms with Gasteiger partial charge in [-0.25, -0.2) is 4.79 Å². The number of carbonyl (C=O) groups is 2. The van der Waals surface area contributed by atoms with Crippen molar-refractivity contribution in [3.8, 4) is 0 Å². The lowest BCUT2D eigenvalue weighted by Gasteiger charge is -2.14. The normalized spacial score (nSPS) is 22.1. The Morgan fingerprint density at radius 1 is 1.45 bits per heavy atom. The molecule has 2 fully saturated rings. The van der Waals surface area contributed by atoms with Crippen molar-refractivity contribution in [2.75, 3.05) is 7.05 Å². The molecule has 2 N–H and O–H groups in total. The standard InChI is InChI=1S/C12H17N5O3/c1-17-8(4-5-10(17)18)11-15-9(16-20-11)6-13-12(19)14-7-2-3-7/h7-8H,2-6H2,1H3,(H2,13,14,19)/t8-/m0/s1. The predicted octanol–water partition coefficient (Wildman–Crippen LogP) is 0.324. The van der Waals surface area contributed by atoms with Gasteiger partial charge in [0, 0.05) is 19.5 Å². The number of nitrogens with zero attached hydrogens (tertiary/aromatic N) is 3. The molecule has 0 unspecified atom stereocenters. The van der Waals surface area contributed by atoms with Crippen LogP contribution in [-0.2, 0) is 11.3 Å². The van der Waals surface area contributed by atoms with Crippen LogP contribution in [0.4, 0.5) is 4.79 Å². The lowest BCUT2D eigenvalue weighted by molar-refractivity contribution is -0.127. The molecule has 8 heteroatoms. The fourth-order valence-corrected chi connectivity index (χ4v) is 2.19. The van der Waals surface area contributed by atoms with Crippen LogP contribution in [0.15, 0.2) is 4.52 Å². The summed E-state index contributed by atoms with van der Waals surface area (Å²) >= 11 is 0. The minimum absolute atomic E-state index is 0.0803. The number of carbonyl (C=O) groups excluding carboxylic acids is 2. The second-order valence-corrected chi connectivity index (χ2v) is 5.21. The van der Waals surface area contributed by atoms with Crippen LogP contribution < -0.4 is 10.6 Å². The summed E-state index contributed by atoms with van der Waals surface area (Å²) < 4.78 is 5.17. The lowest BCUT2D eigenvalue weighted by Crippen LogP contribution is -2.36. The van der Waals surface area contributed by atoms with Gasteiger partial charge in [-0.05, 0) is 19.3 Å². The van der Waals surface area contributed by atoms with Gasteiger partial charge in [0.2, 0.25) is 11.8 Å². The molecule has 8 nitrogen and oxygen atoms in total. The van der Waals surface area contributed by atoms with Crippen LogP contribution in [0.5, 0.6) is 0 Å². The topological polar surface area (TPSA) is 100 Å². The summed E-state index contributed by atoms with van der Waals surface area (Å²) in [5.41, 5.74) is 0. The van der Waals surface area contributed by atoms with Crippen LogP contribution in [0.1, 0.15) is 43.4 Å². The number of hydrogen-bond acceptors (Lipinski definition) is 5. The minimum atomic E-state index is -0.216. The number of amides is 3. The Labute approximate surface area is 115 Å². The minimum Gasteiger partial charge on any atom is -0.337 e. The van der Waals surface area contributed by atoms with E-state index in [0.717, 1.165) is 12.8 Å². The van der Waals surface area contributed by atoms with Crippen molar-refractivity contribution in [2.45, 2.75) is 44.3 Å². The molecule has 108 valence electrons. The van der Waals surface area contributed by atoms with E-state index >= 15 is 0 Å². The van der Waals surface area contributed by atoms with E-state index in [1.807, 2.05) is 0 Å². The van der Waals surface area contributed by atoms with Crippen LogP contribution in [-0.4, -0.2) is 40.1 Å². The second kappa shape index (κ2) is 5.10. The van der Waals surface area contributed by atoms with Gasteiger partial charge in [0.1, 0.15) is 6.04 Å². The molecular weight excluding hydrogens is 262 g/mol. The molecule has 1 saturated carbocycles. The van der Waals surface area contributed by atoms with Gasteiger partial charge < -0.3 is 20.1 Å². The van der Waals surface area contributed by atoms with Crippen molar-refractivity contribution >= 4 is 11.9 Å². The monoisotopic (exact) mass is 279 g/mol. The molecule has 1 aromatic rings. The highest BCUT2D eigenvalue weighted by atomic mass is 16.5. The van der Waals surface area contributed by atoms with Gasteiger partial charge in [0.15, 0.2) is 5.82 Å². The van der Waals surface area contributed by atoms with Gasteiger partial charge in [-0.2, -0.15) is 4.98 Å². The van der Waals surface area contributed by atoms with Crippen LogP contribution in [0, 0.1) is 0 Å². The van der Waals surface area contributed by atoms with Crippen molar-refractivity contribution in [2.24, 2.45) is 0 Å². The van der Waals surface area contributed by atoms with Gasteiger partial charge in [0.05, 0.1) is 6.54 Å². The molecule has 1 aliphatic carbocycles. The smallest absolute Gasteiger partial charge is 0.315 e. The summed E-state index contributed by atoms with van der Waals surface area (Å²) in [5.74, 6) is 0.924. The Hall–Kier alpha value is -2.12. The Kier molecular flexibility index (Phi) is 3.29. The zero-order chi connectivity index (χ0) is 14.1. The maximum atomic E-state index is 11.5. The van der Waals surface area contributed by atoms with E-state index < -0.39 is 0 Å². The molecule has 0 aromatic carbocycles. The molecule has 1 atom stereocenters. The molecule has 2 heterocycles. The van der Waals surface area contributed by atoms with E-state index in [1.54, 1.807) is 11.9 Å². The maximum absolute atomic E-state index is 11.5. The Balaban J connectivity index is 1.53. The van der Waals surface area contributed by atoms with E-state index in [9.17, 15) is 9.59 Å². The maximum Gasteiger partial charge on any atom is 0.315 e. The third-order valence-corrected chi connectivity index (χ3v) is 3.58. The highest BCUT2D eigenvalue weighted by Crippen LogP contribution is 2.29. The Morgan fingerprint density at radius 3 is 2.90 bits per heavy atom. The molecular formula is C12H17N5O3. The first-order chi connectivity index (χ1) is 9.63. The van der Waals surface area contributed by atoms with Crippen LogP contribution in [0.3, 0.4) is 0 Å². The summed E-state index contributed by atoms with van der Waals surface area (Å²) in [5, 5.41) is 9.31. The van der Waals surface area contributed by atoms with E-state index in [4.69, 9.17) is 4.52 Å². The summed E-state index contributed by atoms with van der Waals surface area (Å²) in [6.45, 7) is 0.215. The van der Waals surface area contributed by atoms with E-state index in [1.165, 1.54) is 0 Å². The molecule has 1 aromatic heterocycles. The summed E-state index contributed by atoms with van der Waals surface area (Å²) in [7, 11) is 1.73. The molecule has 3 rings (SSSR count). The molecule has 0 radical (unpaired) electrons. The van der Waals surface area contributed by atoms with Gasteiger partial charge in [0.25, 0.3) is 0 Å². The third-order valence-electron chi connectivity index (χ3n) is 3.58. The number of likely N-dealkylation sites (tertiary alicyclic amines) is 1. The molecule has 1 saturated heterocycles. The zero-order valence-electron chi connectivity index (χ0n) is 11.3. The first-order valence-corrected chi connectivity index (χ1v) is 6.76. The number of nitrogens with one attached hydrogen (secondary N) is 2. The van der Waals surface area contributed by atoms with Crippen molar-refractivity contribution in [1.82, 2.24) is 25.7 Å². The first kappa shape index (κ1) is 12.9. The summed E-state index contributed by atoms with van der Waals surface area (Å²) in [6.07, 6.45) is 3.27. The van der Waals surface area contributed by atoms with Crippen molar-refractivity contribution < 1.29 is 14.1 Å². The van der Waals surface area contributed by atoms with Crippen molar-refractivity contribution in [3.05, 3.63) is 11.7 Å². The summed E-state index contributed by atoms with van der Waals surface area (Å²) in [4.78, 5) is 28.8. The second-order valence-electron chi connectivity index (χ2n) is 5.21. The molecule has 0 bridgehead atoms. The highest BCUT2D eigenvalue weighted by Gasteiger charge is 2.33. The fourth-order valence-electron chi connectivity index (χ4n) is 2.19. The van der Waals surface area contributed by atoms with Gasteiger partial charge in [-0.15, -0.1) is 0 Å². The van der Waals surface area contributed by atoms with Gasteiger partial charge in [-0.3, -0.25) is 4.79 Å². The van der Waals surface area contributed by atoms with Crippen LogP contribution in [0.2, 0.25) is 0 Å². The van der Waals surface area contributed by atoms with Crippen LogP contribution in [0.25, 0.3) is 0 Å². The quantitative estimate of drug-likeness (QED) is 0.827. The lowest BCUT2D eigenvalue weighted by atomic mass is 10.2.